The highest BCUT2D eigenvalue weighted by Crippen LogP contribution is 2.37. The lowest BCUT2D eigenvalue weighted by Crippen LogP contribution is -2.61. The number of nitrogens with one attached hydrogen (secondary N) is 1. The Hall–Kier alpha value is -0.680. The lowest BCUT2D eigenvalue weighted by atomic mass is 9.76. The van der Waals surface area contributed by atoms with Crippen LogP contribution in [0.4, 0.5) is 0 Å². The highest BCUT2D eigenvalue weighted by Gasteiger charge is 2.37. The molecule has 1 aromatic carbocycles. The number of hydrogen-bond donors (Lipinski definition) is 1. The van der Waals surface area contributed by atoms with Crippen molar-refractivity contribution in [2.45, 2.75) is 24.8 Å². The SMILES string of the molecule is COc1cc2c(cc1OC)CC1(CC2)CN(C)CCN1.Cl.Cl. The van der Waals surface area contributed by atoms with Gasteiger partial charge in [0.1, 0.15) is 0 Å². The fourth-order valence-electron chi connectivity index (χ4n) is 3.64. The maximum Gasteiger partial charge on any atom is 0.161 e. The Bertz CT molecular complexity index is 513. The van der Waals surface area contributed by atoms with Gasteiger partial charge in [0.05, 0.1) is 14.2 Å². The molecule has 0 bridgehead atoms. The van der Waals surface area contributed by atoms with Crippen molar-refractivity contribution in [3.05, 3.63) is 23.3 Å². The molecule has 3 rings (SSSR count). The van der Waals surface area contributed by atoms with Crippen LogP contribution in [0, 0.1) is 0 Å². The molecule has 1 aromatic rings. The third-order valence-corrected chi connectivity index (χ3v) is 4.67. The molecule has 1 unspecified atom stereocenters. The number of piperazine rings is 1. The number of methoxy groups -OCH3 is 2. The smallest absolute Gasteiger partial charge is 0.161 e. The molecule has 1 aliphatic carbocycles. The summed E-state index contributed by atoms with van der Waals surface area (Å²) in [5.74, 6) is 1.68. The van der Waals surface area contributed by atoms with Crippen molar-refractivity contribution in [3.8, 4) is 11.5 Å². The lowest BCUT2D eigenvalue weighted by molar-refractivity contribution is 0.141. The van der Waals surface area contributed by atoms with E-state index in [2.05, 4.69) is 29.4 Å². The molecule has 1 atom stereocenters. The third-order valence-electron chi connectivity index (χ3n) is 4.67. The number of nitrogens with zero attached hydrogens (tertiary/aromatic N) is 1. The number of ether oxygens (including phenoxy) is 2. The Morgan fingerprint density at radius 2 is 1.73 bits per heavy atom. The number of aryl methyl sites for hydroxylation is 1. The molecule has 22 heavy (non-hydrogen) atoms. The molecule has 1 saturated heterocycles. The van der Waals surface area contributed by atoms with Crippen molar-refractivity contribution >= 4 is 24.8 Å². The van der Waals surface area contributed by atoms with Gasteiger partial charge in [-0.25, -0.2) is 0 Å². The van der Waals surface area contributed by atoms with E-state index in [1.165, 1.54) is 17.5 Å². The Morgan fingerprint density at radius 3 is 2.32 bits per heavy atom. The van der Waals surface area contributed by atoms with E-state index < -0.39 is 0 Å². The average Bonchev–Trinajstić information content (AvgIpc) is 2.45. The van der Waals surface area contributed by atoms with Gasteiger partial charge < -0.3 is 19.7 Å². The van der Waals surface area contributed by atoms with Crippen molar-refractivity contribution in [2.24, 2.45) is 0 Å². The van der Waals surface area contributed by atoms with Crippen molar-refractivity contribution in [2.75, 3.05) is 40.9 Å². The highest BCUT2D eigenvalue weighted by atomic mass is 35.5. The van der Waals surface area contributed by atoms with Crippen LogP contribution in [0.25, 0.3) is 0 Å². The standard InChI is InChI=1S/C16H24N2O2.2ClH/c1-18-7-6-17-16(11-18)5-4-12-8-14(19-2)15(20-3)9-13(12)10-16;;/h8-9,17H,4-7,10-11H2,1-3H3;2*1H. The second kappa shape index (κ2) is 7.73. The maximum absolute atomic E-state index is 5.44. The summed E-state index contributed by atoms with van der Waals surface area (Å²) in [6, 6.07) is 4.30. The molecule has 126 valence electrons. The molecule has 1 heterocycles. The van der Waals surface area contributed by atoms with Crippen LogP contribution in [0.5, 0.6) is 11.5 Å². The molecule has 1 N–H and O–H groups in total. The van der Waals surface area contributed by atoms with Crippen molar-refractivity contribution in [3.63, 3.8) is 0 Å². The van der Waals surface area contributed by atoms with Gasteiger partial charge in [-0.1, -0.05) is 0 Å². The zero-order valence-corrected chi connectivity index (χ0v) is 15.1. The summed E-state index contributed by atoms with van der Waals surface area (Å²) in [7, 11) is 5.62. The molecule has 0 amide bonds. The number of fused-ring (bicyclic) bond motifs is 1. The van der Waals surface area contributed by atoms with E-state index in [0.717, 1.165) is 44.0 Å². The molecular weight excluding hydrogens is 323 g/mol. The van der Waals surface area contributed by atoms with Gasteiger partial charge in [0, 0.05) is 25.2 Å². The molecule has 0 aromatic heterocycles. The first-order valence-electron chi connectivity index (χ1n) is 7.33. The van der Waals surface area contributed by atoms with Crippen LogP contribution in [-0.4, -0.2) is 51.3 Å². The minimum Gasteiger partial charge on any atom is -0.493 e. The summed E-state index contributed by atoms with van der Waals surface area (Å²) in [6.07, 6.45) is 3.38. The summed E-state index contributed by atoms with van der Waals surface area (Å²) in [5.41, 5.74) is 3.04. The Labute approximate surface area is 145 Å². The van der Waals surface area contributed by atoms with Crippen LogP contribution in [-0.2, 0) is 12.8 Å². The normalized spacial score (nSPS) is 24.0. The second-order valence-corrected chi connectivity index (χ2v) is 6.10. The highest BCUT2D eigenvalue weighted by molar-refractivity contribution is 5.85. The molecule has 1 fully saturated rings. The summed E-state index contributed by atoms with van der Waals surface area (Å²) in [4.78, 5) is 2.43. The summed E-state index contributed by atoms with van der Waals surface area (Å²) in [5, 5.41) is 3.76. The quantitative estimate of drug-likeness (QED) is 0.889. The largest absolute Gasteiger partial charge is 0.493 e. The fraction of sp³-hybridized carbons (Fsp3) is 0.625. The van der Waals surface area contributed by atoms with Gasteiger partial charge in [-0.15, -0.1) is 24.8 Å². The Kier molecular flexibility index (Phi) is 6.81. The van der Waals surface area contributed by atoms with Gasteiger partial charge in [0.15, 0.2) is 11.5 Å². The fourth-order valence-corrected chi connectivity index (χ4v) is 3.64. The van der Waals surface area contributed by atoms with E-state index in [-0.39, 0.29) is 30.4 Å². The molecule has 4 nitrogen and oxygen atoms in total. The number of hydrogen-bond acceptors (Lipinski definition) is 4. The molecular formula is C16H26Cl2N2O2. The zero-order valence-electron chi connectivity index (χ0n) is 13.5. The van der Waals surface area contributed by atoms with Gasteiger partial charge in [-0.3, -0.25) is 0 Å². The van der Waals surface area contributed by atoms with Crippen LogP contribution < -0.4 is 14.8 Å². The topological polar surface area (TPSA) is 33.7 Å². The van der Waals surface area contributed by atoms with Crippen LogP contribution in [0.1, 0.15) is 17.5 Å². The minimum atomic E-state index is 0. The van der Waals surface area contributed by atoms with E-state index in [4.69, 9.17) is 9.47 Å². The average molecular weight is 349 g/mol. The van der Waals surface area contributed by atoms with Crippen molar-refractivity contribution in [1.82, 2.24) is 10.2 Å². The summed E-state index contributed by atoms with van der Waals surface area (Å²) in [6.45, 7) is 3.35. The summed E-state index contributed by atoms with van der Waals surface area (Å²) < 4.78 is 10.9. The molecule has 1 spiro atoms. The minimum absolute atomic E-state index is 0. The van der Waals surface area contributed by atoms with E-state index in [9.17, 15) is 0 Å². The van der Waals surface area contributed by atoms with Gasteiger partial charge in [0.2, 0.25) is 0 Å². The second-order valence-electron chi connectivity index (χ2n) is 6.10. The van der Waals surface area contributed by atoms with Crippen molar-refractivity contribution in [1.29, 1.82) is 0 Å². The number of halogens is 2. The van der Waals surface area contributed by atoms with Crippen LogP contribution in [0.15, 0.2) is 12.1 Å². The molecule has 2 aliphatic rings. The van der Waals surface area contributed by atoms with Crippen LogP contribution in [0.3, 0.4) is 0 Å². The molecule has 6 heteroatoms. The Balaban J connectivity index is 0.00000121. The predicted molar refractivity (Wildman–Crippen MR) is 94.3 cm³/mol. The van der Waals surface area contributed by atoms with Crippen LogP contribution >= 0.6 is 24.8 Å². The Morgan fingerprint density at radius 1 is 1.09 bits per heavy atom. The van der Waals surface area contributed by atoms with Gasteiger partial charge in [-0.05, 0) is 49.6 Å². The van der Waals surface area contributed by atoms with E-state index in [1.54, 1.807) is 14.2 Å². The third kappa shape index (κ3) is 3.62. The van der Waals surface area contributed by atoms with Crippen molar-refractivity contribution < 1.29 is 9.47 Å². The van der Waals surface area contributed by atoms with Gasteiger partial charge in [0.25, 0.3) is 0 Å². The number of benzene rings is 1. The number of likely N-dealkylation sites (N-methyl/N-ethyl adjacent to an activating group) is 1. The molecule has 0 radical (unpaired) electrons. The molecule has 0 saturated carbocycles. The maximum atomic E-state index is 5.44. The van der Waals surface area contributed by atoms with Gasteiger partial charge >= 0.3 is 0 Å². The first-order chi connectivity index (χ1) is 9.65. The van der Waals surface area contributed by atoms with E-state index >= 15 is 0 Å². The van der Waals surface area contributed by atoms with E-state index in [1.807, 2.05) is 0 Å². The molecule has 1 aliphatic heterocycles. The number of rotatable bonds is 2. The lowest BCUT2D eigenvalue weighted by Gasteiger charge is -2.45. The zero-order chi connectivity index (χ0) is 14.2. The first-order valence-corrected chi connectivity index (χ1v) is 7.33. The van der Waals surface area contributed by atoms with E-state index in [0.29, 0.717) is 0 Å². The first kappa shape index (κ1) is 19.4. The summed E-state index contributed by atoms with van der Waals surface area (Å²) >= 11 is 0. The monoisotopic (exact) mass is 348 g/mol. The van der Waals surface area contributed by atoms with Crippen LogP contribution in [0.2, 0.25) is 0 Å². The van der Waals surface area contributed by atoms with Gasteiger partial charge in [-0.2, -0.15) is 0 Å². The predicted octanol–water partition coefficient (Wildman–Crippen LogP) is 2.31.